The number of hydrogen-bond donors (Lipinski definition) is 2. The number of aryl methyl sites for hydroxylation is 1. The molecule has 0 bridgehead atoms. The Bertz CT molecular complexity index is 877. The third-order valence-electron chi connectivity index (χ3n) is 5.12. The highest BCUT2D eigenvalue weighted by Gasteiger charge is 2.27. The Hall–Kier alpha value is -3.02. The second-order valence-electron chi connectivity index (χ2n) is 7.07. The van der Waals surface area contributed by atoms with Crippen LogP contribution in [-0.2, 0) is 6.54 Å². The third-order valence-corrected chi connectivity index (χ3v) is 5.12. The minimum absolute atomic E-state index is 0.0768. The molecule has 140 valence electrons. The van der Waals surface area contributed by atoms with Gasteiger partial charge in [-0.15, -0.1) is 0 Å². The Morgan fingerprint density at radius 2 is 1.96 bits per heavy atom. The van der Waals surface area contributed by atoms with Crippen LogP contribution in [0.4, 0.5) is 10.5 Å². The lowest BCUT2D eigenvalue weighted by Crippen LogP contribution is -2.41. The molecule has 0 atom stereocenters. The van der Waals surface area contributed by atoms with Crippen molar-refractivity contribution in [1.82, 2.24) is 15.1 Å². The molecule has 0 radical (unpaired) electrons. The SMILES string of the molecule is Cc1ccc(CN(C(=O)Nc2ccc(-c3cn[nH]c3)cc2)C2CCCC2)o1. The number of H-pyrrole nitrogens is 1. The zero-order chi connectivity index (χ0) is 18.6. The number of aromatic amines is 1. The van der Waals surface area contributed by atoms with Gasteiger partial charge >= 0.3 is 6.03 Å². The normalized spacial score (nSPS) is 14.4. The van der Waals surface area contributed by atoms with Crippen molar-refractivity contribution < 1.29 is 9.21 Å². The molecular formula is C21H24N4O2. The lowest BCUT2D eigenvalue weighted by molar-refractivity contribution is 0.178. The van der Waals surface area contributed by atoms with E-state index in [1.807, 2.05) is 54.4 Å². The molecule has 1 saturated carbocycles. The largest absolute Gasteiger partial charge is 0.464 e. The first-order valence-corrected chi connectivity index (χ1v) is 9.41. The number of anilines is 1. The molecule has 4 rings (SSSR count). The zero-order valence-electron chi connectivity index (χ0n) is 15.4. The van der Waals surface area contributed by atoms with Gasteiger partial charge in [0.25, 0.3) is 0 Å². The monoisotopic (exact) mass is 364 g/mol. The van der Waals surface area contributed by atoms with Crippen molar-refractivity contribution >= 4 is 11.7 Å². The molecule has 3 aromatic rings. The molecule has 27 heavy (non-hydrogen) atoms. The van der Waals surface area contributed by atoms with Gasteiger partial charge in [0, 0.05) is 23.5 Å². The fraction of sp³-hybridized carbons (Fsp3) is 0.333. The van der Waals surface area contributed by atoms with Crippen molar-refractivity contribution in [2.24, 2.45) is 0 Å². The van der Waals surface area contributed by atoms with Crippen LogP contribution in [0.25, 0.3) is 11.1 Å². The zero-order valence-corrected chi connectivity index (χ0v) is 15.4. The van der Waals surface area contributed by atoms with Crippen molar-refractivity contribution in [1.29, 1.82) is 0 Å². The summed E-state index contributed by atoms with van der Waals surface area (Å²) in [4.78, 5) is 14.9. The Labute approximate surface area is 158 Å². The van der Waals surface area contributed by atoms with Gasteiger partial charge in [-0.3, -0.25) is 5.10 Å². The highest BCUT2D eigenvalue weighted by atomic mass is 16.3. The van der Waals surface area contributed by atoms with E-state index in [-0.39, 0.29) is 12.1 Å². The third kappa shape index (κ3) is 4.05. The number of urea groups is 1. The Morgan fingerprint density at radius 3 is 2.59 bits per heavy atom. The van der Waals surface area contributed by atoms with Gasteiger partial charge in [-0.05, 0) is 49.6 Å². The molecule has 2 aromatic heterocycles. The van der Waals surface area contributed by atoms with E-state index in [1.54, 1.807) is 6.20 Å². The first kappa shape index (κ1) is 17.4. The maximum Gasteiger partial charge on any atom is 0.322 e. The molecule has 0 aliphatic heterocycles. The summed E-state index contributed by atoms with van der Waals surface area (Å²) in [6.07, 6.45) is 8.07. The van der Waals surface area contributed by atoms with Crippen molar-refractivity contribution in [2.75, 3.05) is 5.32 Å². The lowest BCUT2D eigenvalue weighted by atomic mass is 10.1. The second kappa shape index (κ2) is 7.70. The van der Waals surface area contributed by atoms with Crippen LogP contribution in [0, 0.1) is 6.92 Å². The van der Waals surface area contributed by atoms with E-state index in [0.717, 1.165) is 41.2 Å². The summed E-state index contributed by atoms with van der Waals surface area (Å²) in [5.74, 6) is 1.69. The van der Waals surface area contributed by atoms with Gasteiger partial charge in [0.05, 0.1) is 12.7 Å². The van der Waals surface area contributed by atoms with Crippen LogP contribution < -0.4 is 5.32 Å². The summed E-state index contributed by atoms with van der Waals surface area (Å²) in [6, 6.07) is 11.9. The fourth-order valence-electron chi connectivity index (χ4n) is 3.67. The Kier molecular flexibility index (Phi) is 4.96. The summed E-state index contributed by atoms with van der Waals surface area (Å²) in [7, 11) is 0. The molecule has 1 fully saturated rings. The van der Waals surface area contributed by atoms with E-state index in [2.05, 4.69) is 15.5 Å². The Morgan fingerprint density at radius 1 is 1.19 bits per heavy atom. The molecule has 2 amide bonds. The van der Waals surface area contributed by atoms with Crippen LogP contribution in [0.5, 0.6) is 0 Å². The maximum atomic E-state index is 13.0. The summed E-state index contributed by atoms with van der Waals surface area (Å²) < 4.78 is 5.70. The van der Waals surface area contributed by atoms with E-state index in [9.17, 15) is 4.79 Å². The number of nitrogens with zero attached hydrogens (tertiary/aromatic N) is 2. The molecule has 0 unspecified atom stereocenters. The van der Waals surface area contributed by atoms with Crippen LogP contribution in [0.2, 0.25) is 0 Å². The van der Waals surface area contributed by atoms with Gasteiger partial charge in [-0.2, -0.15) is 5.10 Å². The van der Waals surface area contributed by atoms with Gasteiger partial charge in [0.15, 0.2) is 0 Å². The minimum atomic E-state index is -0.0768. The minimum Gasteiger partial charge on any atom is -0.464 e. The van der Waals surface area contributed by atoms with Crippen molar-refractivity contribution in [2.45, 2.75) is 45.2 Å². The summed E-state index contributed by atoms with van der Waals surface area (Å²) in [6.45, 7) is 2.42. The number of benzene rings is 1. The summed E-state index contributed by atoms with van der Waals surface area (Å²) >= 11 is 0. The van der Waals surface area contributed by atoms with E-state index in [0.29, 0.717) is 6.54 Å². The molecule has 1 aromatic carbocycles. The van der Waals surface area contributed by atoms with Crippen molar-refractivity contribution in [3.8, 4) is 11.1 Å². The molecule has 1 aliphatic carbocycles. The van der Waals surface area contributed by atoms with E-state index >= 15 is 0 Å². The topological polar surface area (TPSA) is 74.2 Å². The summed E-state index contributed by atoms with van der Waals surface area (Å²) in [5, 5.41) is 9.82. The number of furan rings is 1. The van der Waals surface area contributed by atoms with E-state index < -0.39 is 0 Å². The van der Waals surface area contributed by atoms with E-state index in [1.165, 1.54) is 12.8 Å². The van der Waals surface area contributed by atoms with Gasteiger partial charge in [0.2, 0.25) is 0 Å². The van der Waals surface area contributed by atoms with Crippen LogP contribution in [0.15, 0.2) is 53.2 Å². The standard InChI is InChI=1S/C21H24N4O2/c1-15-6-11-20(27-15)14-25(19-4-2-3-5-19)21(26)24-18-9-7-16(8-10-18)17-12-22-23-13-17/h6-13,19H,2-5,14H2,1H3,(H,22,23)(H,24,26). The first-order valence-electron chi connectivity index (χ1n) is 9.41. The first-order chi connectivity index (χ1) is 13.2. The van der Waals surface area contributed by atoms with E-state index in [4.69, 9.17) is 4.42 Å². The number of nitrogens with one attached hydrogen (secondary N) is 2. The average Bonchev–Trinajstić information content (AvgIpc) is 3.43. The average molecular weight is 364 g/mol. The number of carbonyl (C=O) groups is 1. The molecule has 1 aliphatic rings. The van der Waals surface area contributed by atoms with Gasteiger partial charge in [-0.25, -0.2) is 4.79 Å². The van der Waals surface area contributed by atoms with Crippen LogP contribution >= 0.6 is 0 Å². The van der Waals surface area contributed by atoms with Crippen molar-refractivity contribution in [3.05, 3.63) is 60.3 Å². The molecule has 2 N–H and O–H groups in total. The quantitative estimate of drug-likeness (QED) is 0.672. The van der Waals surface area contributed by atoms with Crippen LogP contribution in [0.3, 0.4) is 0 Å². The predicted octanol–water partition coefficient (Wildman–Crippen LogP) is 4.95. The Balaban J connectivity index is 1.47. The van der Waals surface area contributed by atoms with Crippen LogP contribution in [-0.4, -0.2) is 27.2 Å². The van der Waals surface area contributed by atoms with Crippen LogP contribution in [0.1, 0.15) is 37.2 Å². The van der Waals surface area contributed by atoms with Gasteiger partial charge in [0.1, 0.15) is 11.5 Å². The summed E-state index contributed by atoms with van der Waals surface area (Å²) in [5.41, 5.74) is 2.86. The highest BCUT2D eigenvalue weighted by molar-refractivity contribution is 5.89. The molecule has 2 heterocycles. The predicted molar refractivity (Wildman–Crippen MR) is 104 cm³/mol. The second-order valence-corrected chi connectivity index (χ2v) is 7.07. The van der Waals surface area contributed by atoms with Gasteiger partial charge < -0.3 is 14.6 Å². The number of rotatable bonds is 5. The number of aromatic nitrogens is 2. The lowest BCUT2D eigenvalue weighted by Gasteiger charge is -2.28. The molecule has 0 saturated heterocycles. The number of carbonyl (C=O) groups excluding carboxylic acids is 1. The molecular weight excluding hydrogens is 340 g/mol. The molecule has 0 spiro atoms. The molecule has 6 nitrogen and oxygen atoms in total. The highest BCUT2D eigenvalue weighted by Crippen LogP contribution is 2.27. The molecule has 6 heteroatoms. The van der Waals surface area contributed by atoms with Crippen molar-refractivity contribution in [3.63, 3.8) is 0 Å². The number of amides is 2. The maximum absolute atomic E-state index is 13.0. The smallest absolute Gasteiger partial charge is 0.322 e. The van der Waals surface area contributed by atoms with Gasteiger partial charge in [-0.1, -0.05) is 25.0 Å². The fourth-order valence-corrected chi connectivity index (χ4v) is 3.67. The number of hydrogen-bond acceptors (Lipinski definition) is 3.